The summed E-state index contributed by atoms with van der Waals surface area (Å²) in [5.41, 5.74) is 7.33. The summed E-state index contributed by atoms with van der Waals surface area (Å²) in [5.74, 6) is 0.618. The standard InChI is InChI=1S/C13H21N3S/c1-9(2)8-16(10(3)4)11-5-6-12(13(14)17)15-7-11/h5-7,9-10H,8H2,1-4H3,(H2,14,17). The lowest BCUT2D eigenvalue weighted by molar-refractivity contribution is 0.570. The van der Waals surface area contributed by atoms with E-state index in [1.807, 2.05) is 18.3 Å². The van der Waals surface area contributed by atoms with E-state index in [9.17, 15) is 0 Å². The summed E-state index contributed by atoms with van der Waals surface area (Å²) in [6.07, 6.45) is 1.84. The fraction of sp³-hybridized carbons (Fsp3) is 0.538. The van der Waals surface area contributed by atoms with Crippen molar-refractivity contribution in [3.8, 4) is 0 Å². The minimum Gasteiger partial charge on any atom is -0.388 e. The molecular formula is C13H21N3S. The molecule has 0 fully saturated rings. The monoisotopic (exact) mass is 251 g/mol. The molecule has 4 heteroatoms. The van der Waals surface area contributed by atoms with Gasteiger partial charge in [0.2, 0.25) is 0 Å². The third kappa shape index (κ3) is 3.97. The Hall–Kier alpha value is -1.16. The van der Waals surface area contributed by atoms with Crippen LogP contribution in [0.15, 0.2) is 18.3 Å². The Morgan fingerprint density at radius 2 is 2.00 bits per heavy atom. The van der Waals surface area contributed by atoms with Gasteiger partial charge in [-0.15, -0.1) is 0 Å². The third-order valence-electron chi connectivity index (χ3n) is 2.52. The van der Waals surface area contributed by atoms with Gasteiger partial charge in [-0.3, -0.25) is 4.98 Å². The molecule has 1 aromatic rings. The normalized spacial score (nSPS) is 10.9. The van der Waals surface area contributed by atoms with Crippen LogP contribution in [0, 0.1) is 5.92 Å². The van der Waals surface area contributed by atoms with E-state index in [-0.39, 0.29) is 0 Å². The van der Waals surface area contributed by atoms with Gasteiger partial charge in [0.1, 0.15) is 4.99 Å². The molecule has 0 aromatic carbocycles. The molecule has 1 aromatic heterocycles. The zero-order valence-corrected chi connectivity index (χ0v) is 11.8. The van der Waals surface area contributed by atoms with Crippen LogP contribution in [-0.4, -0.2) is 22.6 Å². The van der Waals surface area contributed by atoms with Crippen molar-refractivity contribution in [2.75, 3.05) is 11.4 Å². The van der Waals surface area contributed by atoms with Gasteiger partial charge < -0.3 is 10.6 Å². The van der Waals surface area contributed by atoms with Gasteiger partial charge >= 0.3 is 0 Å². The predicted octanol–water partition coefficient (Wildman–Crippen LogP) is 2.59. The molecule has 0 aliphatic rings. The Kier molecular flexibility index (Phi) is 4.87. The summed E-state index contributed by atoms with van der Waals surface area (Å²) in [7, 11) is 0. The maximum atomic E-state index is 5.54. The molecule has 0 spiro atoms. The van der Waals surface area contributed by atoms with Crippen LogP contribution >= 0.6 is 12.2 Å². The SMILES string of the molecule is CC(C)CN(c1ccc(C(N)=S)nc1)C(C)C. The first-order valence-electron chi connectivity index (χ1n) is 5.94. The summed E-state index contributed by atoms with van der Waals surface area (Å²) < 4.78 is 0. The smallest absolute Gasteiger partial charge is 0.122 e. The van der Waals surface area contributed by atoms with Crippen molar-refractivity contribution in [1.82, 2.24) is 4.98 Å². The summed E-state index contributed by atoms with van der Waals surface area (Å²) >= 11 is 4.89. The van der Waals surface area contributed by atoms with Gasteiger partial charge in [0.25, 0.3) is 0 Å². The molecular weight excluding hydrogens is 230 g/mol. The van der Waals surface area contributed by atoms with Crippen molar-refractivity contribution in [3.05, 3.63) is 24.0 Å². The van der Waals surface area contributed by atoms with Crippen LogP contribution in [0.1, 0.15) is 33.4 Å². The maximum Gasteiger partial charge on any atom is 0.122 e. The van der Waals surface area contributed by atoms with E-state index in [2.05, 4.69) is 37.6 Å². The van der Waals surface area contributed by atoms with Crippen LogP contribution in [0.3, 0.4) is 0 Å². The van der Waals surface area contributed by atoms with Crippen LogP contribution in [0.25, 0.3) is 0 Å². The van der Waals surface area contributed by atoms with E-state index in [0.717, 1.165) is 12.2 Å². The van der Waals surface area contributed by atoms with Crippen molar-refractivity contribution < 1.29 is 0 Å². The maximum absolute atomic E-state index is 5.54. The quantitative estimate of drug-likeness (QED) is 0.817. The van der Waals surface area contributed by atoms with Gasteiger partial charge in [-0.2, -0.15) is 0 Å². The second-order valence-corrected chi connectivity index (χ2v) is 5.35. The minimum absolute atomic E-state index is 0.344. The lowest BCUT2D eigenvalue weighted by atomic mass is 10.1. The number of anilines is 1. The van der Waals surface area contributed by atoms with E-state index >= 15 is 0 Å². The van der Waals surface area contributed by atoms with Gasteiger partial charge in [-0.05, 0) is 31.9 Å². The molecule has 0 saturated carbocycles. The van der Waals surface area contributed by atoms with Gasteiger partial charge in [0, 0.05) is 12.6 Å². The van der Waals surface area contributed by atoms with Crippen molar-refractivity contribution in [3.63, 3.8) is 0 Å². The Morgan fingerprint density at radius 1 is 1.35 bits per heavy atom. The number of pyridine rings is 1. The second kappa shape index (κ2) is 5.96. The molecule has 0 aliphatic heterocycles. The molecule has 2 N–H and O–H groups in total. The van der Waals surface area contributed by atoms with Crippen molar-refractivity contribution in [2.45, 2.75) is 33.7 Å². The zero-order chi connectivity index (χ0) is 13.0. The molecule has 17 heavy (non-hydrogen) atoms. The van der Waals surface area contributed by atoms with E-state index < -0.39 is 0 Å². The highest BCUT2D eigenvalue weighted by Crippen LogP contribution is 2.17. The summed E-state index contributed by atoms with van der Waals surface area (Å²) in [4.78, 5) is 6.96. The lowest BCUT2D eigenvalue weighted by Crippen LogP contribution is -2.34. The topological polar surface area (TPSA) is 42.1 Å². The Labute approximate surface area is 109 Å². The van der Waals surface area contributed by atoms with E-state index in [4.69, 9.17) is 18.0 Å². The Morgan fingerprint density at radius 3 is 2.35 bits per heavy atom. The molecule has 94 valence electrons. The fourth-order valence-corrected chi connectivity index (χ4v) is 1.83. The molecule has 1 rings (SSSR count). The molecule has 0 unspecified atom stereocenters. The van der Waals surface area contributed by atoms with Crippen LogP contribution in [0.4, 0.5) is 5.69 Å². The second-order valence-electron chi connectivity index (χ2n) is 4.91. The van der Waals surface area contributed by atoms with Gasteiger partial charge in [0.05, 0.1) is 17.6 Å². The van der Waals surface area contributed by atoms with Gasteiger partial charge in [-0.1, -0.05) is 26.1 Å². The molecule has 0 saturated heterocycles. The van der Waals surface area contributed by atoms with Crippen LogP contribution in [0.5, 0.6) is 0 Å². The fourth-order valence-electron chi connectivity index (χ4n) is 1.71. The minimum atomic E-state index is 0.344. The van der Waals surface area contributed by atoms with Crippen LogP contribution in [-0.2, 0) is 0 Å². The number of nitrogens with two attached hydrogens (primary N) is 1. The zero-order valence-electron chi connectivity index (χ0n) is 11.0. The largest absolute Gasteiger partial charge is 0.388 e. The average Bonchev–Trinajstić information content (AvgIpc) is 2.25. The highest BCUT2D eigenvalue weighted by molar-refractivity contribution is 7.80. The van der Waals surface area contributed by atoms with E-state index in [1.165, 1.54) is 0 Å². The molecule has 3 nitrogen and oxygen atoms in total. The van der Waals surface area contributed by atoms with Crippen LogP contribution in [0.2, 0.25) is 0 Å². The molecule has 0 bridgehead atoms. The highest BCUT2D eigenvalue weighted by Gasteiger charge is 2.12. The summed E-state index contributed by atoms with van der Waals surface area (Å²) in [6.45, 7) is 9.82. The van der Waals surface area contributed by atoms with E-state index in [1.54, 1.807) is 0 Å². The van der Waals surface area contributed by atoms with Gasteiger partial charge in [-0.25, -0.2) is 0 Å². The Bertz CT molecular complexity index is 371. The molecule has 0 amide bonds. The molecule has 0 aliphatic carbocycles. The molecule has 0 atom stereocenters. The predicted molar refractivity (Wildman–Crippen MR) is 77.4 cm³/mol. The number of nitrogens with zero attached hydrogens (tertiary/aromatic N) is 2. The first kappa shape index (κ1) is 13.9. The van der Waals surface area contributed by atoms with Crippen molar-refractivity contribution >= 4 is 22.9 Å². The van der Waals surface area contributed by atoms with Crippen molar-refractivity contribution in [2.24, 2.45) is 11.7 Å². The number of aromatic nitrogens is 1. The number of hydrogen-bond donors (Lipinski definition) is 1. The van der Waals surface area contributed by atoms with Gasteiger partial charge in [0.15, 0.2) is 0 Å². The Balaban J connectivity index is 2.91. The molecule has 0 radical (unpaired) electrons. The first-order valence-corrected chi connectivity index (χ1v) is 6.35. The number of thiocarbonyl (C=S) groups is 1. The third-order valence-corrected chi connectivity index (χ3v) is 2.73. The van der Waals surface area contributed by atoms with Crippen molar-refractivity contribution in [1.29, 1.82) is 0 Å². The van der Waals surface area contributed by atoms with Crippen LogP contribution < -0.4 is 10.6 Å². The van der Waals surface area contributed by atoms with E-state index in [0.29, 0.717) is 22.6 Å². The summed E-state index contributed by atoms with van der Waals surface area (Å²) in [6, 6.07) is 4.37. The average molecular weight is 251 g/mol. The summed E-state index contributed by atoms with van der Waals surface area (Å²) in [5, 5.41) is 0. The lowest BCUT2D eigenvalue weighted by Gasteiger charge is -2.30. The first-order chi connectivity index (χ1) is 7.91. The molecule has 1 heterocycles. The highest BCUT2D eigenvalue weighted by atomic mass is 32.1. The number of hydrogen-bond acceptors (Lipinski definition) is 3. The number of rotatable bonds is 5.